The van der Waals surface area contributed by atoms with Gasteiger partial charge in [0.05, 0.1) is 7.11 Å². The Labute approximate surface area is 126 Å². The third-order valence-corrected chi connectivity index (χ3v) is 4.11. The van der Waals surface area contributed by atoms with Crippen LogP contribution >= 0.6 is 0 Å². The number of anilines is 1. The molecule has 0 radical (unpaired) electrons. The van der Waals surface area contributed by atoms with Crippen LogP contribution in [0.15, 0.2) is 36.1 Å². The van der Waals surface area contributed by atoms with Crippen molar-refractivity contribution in [2.45, 2.75) is 11.9 Å². The van der Waals surface area contributed by atoms with Crippen LogP contribution in [0.25, 0.3) is 0 Å². The summed E-state index contributed by atoms with van der Waals surface area (Å²) in [6.45, 7) is 0.612. The van der Waals surface area contributed by atoms with Crippen LogP contribution in [0.5, 0.6) is 5.75 Å². The van der Waals surface area contributed by atoms with E-state index in [4.69, 9.17) is 4.74 Å². The SMILES string of the molecule is COc1ccc(N2CC=C(OS(=O)(=O)C(F)(F)F)CC2)cc1. The van der Waals surface area contributed by atoms with Crippen LogP contribution in [-0.2, 0) is 14.3 Å². The van der Waals surface area contributed by atoms with E-state index in [1.807, 2.05) is 17.0 Å². The number of nitrogens with zero attached hydrogens (tertiary/aromatic N) is 1. The van der Waals surface area contributed by atoms with Gasteiger partial charge in [-0.15, -0.1) is 0 Å². The van der Waals surface area contributed by atoms with E-state index in [1.54, 1.807) is 19.2 Å². The molecule has 0 atom stereocenters. The third-order valence-electron chi connectivity index (χ3n) is 3.11. The minimum Gasteiger partial charge on any atom is -0.497 e. The first kappa shape index (κ1) is 16.5. The first-order chi connectivity index (χ1) is 10.2. The molecule has 1 aromatic carbocycles. The summed E-state index contributed by atoms with van der Waals surface area (Å²) in [5.41, 5.74) is -4.56. The molecule has 122 valence electrons. The summed E-state index contributed by atoms with van der Waals surface area (Å²) in [5, 5.41) is 0. The second-order valence-electron chi connectivity index (χ2n) is 4.55. The Hall–Kier alpha value is -1.90. The van der Waals surface area contributed by atoms with Gasteiger partial charge >= 0.3 is 15.6 Å². The first-order valence-corrected chi connectivity index (χ1v) is 7.72. The number of hydrogen-bond acceptors (Lipinski definition) is 5. The summed E-state index contributed by atoms with van der Waals surface area (Å²) in [6, 6.07) is 7.15. The summed E-state index contributed by atoms with van der Waals surface area (Å²) in [7, 11) is -4.05. The van der Waals surface area contributed by atoms with Crippen molar-refractivity contribution < 1.29 is 30.5 Å². The van der Waals surface area contributed by atoms with E-state index in [-0.39, 0.29) is 18.7 Å². The monoisotopic (exact) mass is 337 g/mol. The molecule has 9 heteroatoms. The Morgan fingerprint density at radius 3 is 2.27 bits per heavy atom. The minimum atomic E-state index is -5.59. The summed E-state index contributed by atoms with van der Waals surface area (Å²) in [5.74, 6) is 0.499. The number of hydrogen-bond donors (Lipinski definition) is 0. The fraction of sp³-hybridized carbons (Fsp3) is 0.385. The van der Waals surface area contributed by atoms with Crippen molar-refractivity contribution in [3.05, 3.63) is 36.1 Å². The summed E-state index contributed by atoms with van der Waals surface area (Å²) in [6.07, 6.45) is 1.40. The fourth-order valence-corrected chi connectivity index (χ4v) is 2.47. The van der Waals surface area contributed by atoms with Crippen molar-refractivity contribution in [3.63, 3.8) is 0 Å². The van der Waals surface area contributed by atoms with Gasteiger partial charge in [-0.2, -0.15) is 21.6 Å². The van der Waals surface area contributed by atoms with Crippen molar-refractivity contribution in [1.29, 1.82) is 0 Å². The molecule has 0 amide bonds. The lowest BCUT2D eigenvalue weighted by Crippen LogP contribution is -2.31. The van der Waals surface area contributed by atoms with E-state index in [9.17, 15) is 21.6 Å². The van der Waals surface area contributed by atoms with Gasteiger partial charge in [0.15, 0.2) is 0 Å². The molecule has 2 rings (SSSR count). The second kappa shape index (κ2) is 6.07. The van der Waals surface area contributed by atoms with Gasteiger partial charge in [-0.3, -0.25) is 0 Å². The standard InChI is InChI=1S/C13H14F3NO4S/c1-20-11-4-2-10(3-5-11)17-8-6-12(7-9-17)21-22(18,19)13(14,15)16/h2-6H,7-9H2,1H3. The van der Waals surface area contributed by atoms with Crippen LogP contribution in [0.2, 0.25) is 0 Å². The zero-order valence-electron chi connectivity index (χ0n) is 11.6. The van der Waals surface area contributed by atoms with Gasteiger partial charge in [0.1, 0.15) is 11.5 Å². The van der Waals surface area contributed by atoms with E-state index in [0.717, 1.165) is 5.69 Å². The summed E-state index contributed by atoms with van der Waals surface area (Å²) >= 11 is 0. The topological polar surface area (TPSA) is 55.8 Å². The Bertz CT molecular complexity index is 653. The molecule has 22 heavy (non-hydrogen) atoms. The highest BCUT2D eigenvalue weighted by Crippen LogP contribution is 2.29. The van der Waals surface area contributed by atoms with Gasteiger partial charge in [0.25, 0.3) is 0 Å². The Morgan fingerprint density at radius 1 is 1.18 bits per heavy atom. The van der Waals surface area contributed by atoms with Gasteiger partial charge in [-0.05, 0) is 30.3 Å². The first-order valence-electron chi connectivity index (χ1n) is 6.32. The molecule has 0 saturated carbocycles. The highest BCUT2D eigenvalue weighted by molar-refractivity contribution is 7.87. The maximum absolute atomic E-state index is 12.2. The lowest BCUT2D eigenvalue weighted by atomic mass is 10.2. The number of rotatable bonds is 4. The zero-order valence-corrected chi connectivity index (χ0v) is 12.4. The number of ether oxygens (including phenoxy) is 1. The van der Waals surface area contributed by atoms with Crippen molar-refractivity contribution in [2.75, 3.05) is 25.1 Å². The largest absolute Gasteiger partial charge is 0.534 e. The van der Waals surface area contributed by atoms with Crippen molar-refractivity contribution >= 4 is 15.8 Å². The normalized spacial score (nSPS) is 16.2. The molecule has 1 aliphatic rings. The van der Waals surface area contributed by atoms with Crippen LogP contribution in [0.1, 0.15) is 6.42 Å². The lowest BCUT2D eigenvalue weighted by Gasteiger charge is -2.28. The number of halogens is 3. The number of benzene rings is 1. The van der Waals surface area contributed by atoms with E-state index < -0.39 is 15.6 Å². The summed E-state index contributed by atoms with van der Waals surface area (Å²) < 4.78 is 67.7. The van der Waals surface area contributed by atoms with E-state index >= 15 is 0 Å². The molecule has 0 spiro atoms. The molecule has 0 bridgehead atoms. The Morgan fingerprint density at radius 2 is 1.82 bits per heavy atom. The minimum absolute atomic E-state index is 0.0708. The molecule has 0 aliphatic carbocycles. The third kappa shape index (κ3) is 3.65. The summed E-state index contributed by atoms with van der Waals surface area (Å²) in [4.78, 5) is 1.88. The van der Waals surface area contributed by atoms with Gasteiger partial charge in [-0.1, -0.05) is 0 Å². The van der Waals surface area contributed by atoms with Crippen molar-refractivity contribution in [1.82, 2.24) is 0 Å². The quantitative estimate of drug-likeness (QED) is 0.624. The van der Waals surface area contributed by atoms with Gasteiger partial charge in [-0.25, -0.2) is 0 Å². The van der Waals surface area contributed by atoms with E-state index in [0.29, 0.717) is 12.3 Å². The predicted octanol–water partition coefficient (Wildman–Crippen LogP) is 2.66. The maximum Gasteiger partial charge on any atom is 0.534 e. The van der Waals surface area contributed by atoms with Gasteiger partial charge in [0, 0.05) is 25.2 Å². The molecule has 0 unspecified atom stereocenters. The molecule has 1 aliphatic heterocycles. The van der Waals surface area contributed by atoms with Crippen LogP contribution < -0.4 is 9.64 Å². The molecule has 1 aromatic rings. The maximum atomic E-state index is 12.2. The average Bonchev–Trinajstić information content (AvgIpc) is 2.47. The van der Waals surface area contributed by atoms with Crippen LogP contribution in [0.4, 0.5) is 18.9 Å². The van der Waals surface area contributed by atoms with Gasteiger partial charge in [0.2, 0.25) is 0 Å². The fourth-order valence-electron chi connectivity index (χ4n) is 1.94. The molecular formula is C13H14F3NO4S. The van der Waals surface area contributed by atoms with Gasteiger partial charge < -0.3 is 13.8 Å². The molecule has 5 nitrogen and oxygen atoms in total. The number of alkyl halides is 3. The lowest BCUT2D eigenvalue weighted by molar-refractivity contribution is -0.0523. The second-order valence-corrected chi connectivity index (χ2v) is 6.09. The molecule has 1 heterocycles. The molecular weight excluding hydrogens is 323 g/mol. The van der Waals surface area contributed by atoms with E-state index in [2.05, 4.69) is 4.18 Å². The predicted molar refractivity (Wildman–Crippen MR) is 74.0 cm³/mol. The molecule has 0 N–H and O–H groups in total. The molecule has 0 aromatic heterocycles. The highest BCUT2D eigenvalue weighted by Gasteiger charge is 2.48. The van der Waals surface area contributed by atoms with E-state index in [1.165, 1.54) is 6.08 Å². The Balaban J connectivity index is 2.03. The van der Waals surface area contributed by atoms with Crippen LogP contribution in [-0.4, -0.2) is 34.1 Å². The smallest absolute Gasteiger partial charge is 0.497 e. The van der Waals surface area contributed by atoms with Crippen LogP contribution in [0, 0.1) is 0 Å². The molecule has 0 saturated heterocycles. The van der Waals surface area contributed by atoms with Crippen LogP contribution in [0.3, 0.4) is 0 Å². The molecule has 0 fully saturated rings. The zero-order chi connectivity index (χ0) is 16.4. The van der Waals surface area contributed by atoms with Crippen molar-refractivity contribution in [3.8, 4) is 5.75 Å². The Kier molecular flexibility index (Phi) is 4.55. The van der Waals surface area contributed by atoms with Crippen molar-refractivity contribution in [2.24, 2.45) is 0 Å². The average molecular weight is 337 g/mol. The number of methoxy groups -OCH3 is 1. The highest BCUT2D eigenvalue weighted by atomic mass is 32.2.